The second-order valence-corrected chi connectivity index (χ2v) is 7.01. The number of halogens is 7. The molecule has 160 valence electrons. The number of carbonyl (C=O) groups is 1. The summed E-state index contributed by atoms with van der Waals surface area (Å²) in [5, 5.41) is 0. The number of allylic oxidation sites excluding steroid dienone is 2. The quantitative estimate of drug-likeness (QED) is 0.526. The second kappa shape index (κ2) is 6.54. The Morgan fingerprint density at radius 1 is 1.23 bits per heavy atom. The number of fused-ring (bicyclic) bond motifs is 3. The summed E-state index contributed by atoms with van der Waals surface area (Å²) in [7, 11) is 0. The molecule has 4 rings (SSSR count). The summed E-state index contributed by atoms with van der Waals surface area (Å²) in [4.78, 5) is 20.1. The van der Waals surface area contributed by atoms with E-state index in [9.17, 15) is 35.5 Å². The van der Waals surface area contributed by atoms with E-state index in [1.165, 1.54) is 6.07 Å². The number of pyridine rings is 1. The molecule has 0 saturated carbocycles. The molecule has 0 amide bonds. The summed E-state index contributed by atoms with van der Waals surface area (Å²) in [6.45, 7) is -3.74. The van der Waals surface area contributed by atoms with Crippen LogP contribution in [0.2, 0.25) is 0 Å². The van der Waals surface area contributed by atoms with Crippen LogP contribution in [0.1, 0.15) is 34.5 Å². The summed E-state index contributed by atoms with van der Waals surface area (Å²) in [6, 6.07) is 1.21. The maximum Gasteiger partial charge on any atom is 0.417 e. The lowest BCUT2D eigenvalue weighted by molar-refractivity contribution is -0.0981. The number of aromatic nitrogens is 1. The van der Waals surface area contributed by atoms with E-state index in [-0.39, 0.29) is 30.7 Å². The first-order valence-corrected chi connectivity index (χ1v) is 8.62. The van der Waals surface area contributed by atoms with Crippen LogP contribution in [0.25, 0.3) is 0 Å². The van der Waals surface area contributed by atoms with Gasteiger partial charge in [0.15, 0.2) is 17.9 Å². The van der Waals surface area contributed by atoms with Gasteiger partial charge in [0.25, 0.3) is 5.92 Å². The molecule has 3 heterocycles. The van der Waals surface area contributed by atoms with E-state index < -0.39 is 53.3 Å². The number of aldehydes is 1. The van der Waals surface area contributed by atoms with Crippen molar-refractivity contribution in [2.45, 2.75) is 37.1 Å². The maximum atomic E-state index is 14.6. The van der Waals surface area contributed by atoms with Crippen molar-refractivity contribution < 1.29 is 40.3 Å². The van der Waals surface area contributed by atoms with Gasteiger partial charge in [0.1, 0.15) is 11.2 Å². The molecule has 1 aromatic heterocycles. The molecule has 1 aliphatic carbocycles. The molecule has 0 radical (unpaired) electrons. The zero-order chi connectivity index (χ0) is 21.9. The van der Waals surface area contributed by atoms with Crippen LogP contribution < -0.4 is 0 Å². The van der Waals surface area contributed by atoms with E-state index in [4.69, 9.17) is 0 Å². The summed E-state index contributed by atoms with van der Waals surface area (Å²) >= 11 is 0. The molecule has 0 N–H and O–H groups in total. The van der Waals surface area contributed by atoms with Crippen molar-refractivity contribution in [3.63, 3.8) is 0 Å². The van der Waals surface area contributed by atoms with Gasteiger partial charge in [-0.3, -0.25) is 14.8 Å². The van der Waals surface area contributed by atoms with Crippen molar-refractivity contribution in [1.82, 2.24) is 9.88 Å². The lowest BCUT2D eigenvalue weighted by Gasteiger charge is -2.37. The molecule has 30 heavy (non-hydrogen) atoms. The van der Waals surface area contributed by atoms with Gasteiger partial charge in [-0.1, -0.05) is 0 Å². The van der Waals surface area contributed by atoms with Crippen LogP contribution in [0, 0.1) is 0 Å². The van der Waals surface area contributed by atoms with Crippen LogP contribution >= 0.6 is 0 Å². The number of alkyl halides is 7. The van der Waals surface area contributed by atoms with Gasteiger partial charge in [-0.05, 0) is 24.1 Å². The SMILES string of the molecule is O=Cc1nccc2c1C(F)(F)CC[C@@]21CN2C=C(C(F)(F)F)C=C(OC(F)F)C2=N1. The van der Waals surface area contributed by atoms with E-state index in [0.717, 1.165) is 11.1 Å². The Balaban J connectivity index is 1.87. The number of aliphatic imine (C=N–C) groups is 1. The van der Waals surface area contributed by atoms with Crippen LogP contribution in [0.4, 0.5) is 30.7 Å². The molecule has 5 nitrogen and oxygen atoms in total. The highest BCUT2D eigenvalue weighted by Crippen LogP contribution is 2.52. The number of ether oxygens (including phenoxy) is 1. The molecule has 3 aliphatic rings. The first-order chi connectivity index (χ1) is 14.0. The molecule has 12 heteroatoms. The molecule has 0 unspecified atom stereocenters. The van der Waals surface area contributed by atoms with Crippen molar-refractivity contribution >= 4 is 12.1 Å². The van der Waals surface area contributed by atoms with Crippen LogP contribution in [0.3, 0.4) is 0 Å². The Morgan fingerprint density at radius 2 is 1.97 bits per heavy atom. The molecule has 0 bridgehead atoms. The average Bonchev–Trinajstić information content (AvgIpc) is 3.04. The number of hydrogen-bond donors (Lipinski definition) is 0. The van der Waals surface area contributed by atoms with E-state index in [0.29, 0.717) is 12.3 Å². The summed E-state index contributed by atoms with van der Waals surface area (Å²) in [5.41, 5.74) is -3.98. The van der Waals surface area contributed by atoms with E-state index in [2.05, 4.69) is 14.7 Å². The highest BCUT2D eigenvalue weighted by Gasteiger charge is 2.54. The molecule has 1 spiro atoms. The summed E-state index contributed by atoms with van der Waals surface area (Å²) in [5.74, 6) is -4.55. The third-order valence-electron chi connectivity index (χ3n) is 5.18. The van der Waals surface area contributed by atoms with Gasteiger partial charge in [0, 0.05) is 18.8 Å². The molecule has 1 aromatic rings. The smallest absolute Gasteiger partial charge is 0.417 e. The van der Waals surface area contributed by atoms with Crippen molar-refractivity contribution in [3.8, 4) is 0 Å². The monoisotopic (exact) mass is 435 g/mol. The highest BCUT2D eigenvalue weighted by molar-refractivity contribution is 6.00. The Kier molecular flexibility index (Phi) is 4.44. The van der Waals surface area contributed by atoms with Crippen molar-refractivity contribution in [1.29, 1.82) is 0 Å². The predicted molar refractivity (Wildman–Crippen MR) is 87.9 cm³/mol. The van der Waals surface area contributed by atoms with Crippen molar-refractivity contribution in [3.05, 3.63) is 52.7 Å². The van der Waals surface area contributed by atoms with Gasteiger partial charge in [-0.2, -0.15) is 22.0 Å². The fourth-order valence-electron chi connectivity index (χ4n) is 3.95. The number of amidine groups is 1. The van der Waals surface area contributed by atoms with Gasteiger partial charge in [0.05, 0.1) is 17.7 Å². The molecular formula is C18H12F7N3O2. The second-order valence-electron chi connectivity index (χ2n) is 7.01. The topological polar surface area (TPSA) is 54.8 Å². The Bertz CT molecular complexity index is 1000. The Hall–Kier alpha value is -2.92. The lowest BCUT2D eigenvalue weighted by Crippen LogP contribution is -2.40. The van der Waals surface area contributed by atoms with E-state index >= 15 is 0 Å². The van der Waals surface area contributed by atoms with Crippen LogP contribution in [0.5, 0.6) is 0 Å². The van der Waals surface area contributed by atoms with Gasteiger partial charge in [-0.15, -0.1) is 0 Å². The van der Waals surface area contributed by atoms with E-state index in [1.54, 1.807) is 0 Å². The van der Waals surface area contributed by atoms with Crippen LogP contribution in [0.15, 0.2) is 40.9 Å². The van der Waals surface area contributed by atoms with E-state index in [1.807, 2.05) is 0 Å². The van der Waals surface area contributed by atoms with Crippen molar-refractivity contribution in [2.75, 3.05) is 6.54 Å². The molecular weight excluding hydrogens is 423 g/mol. The highest BCUT2D eigenvalue weighted by atomic mass is 19.4. The van der Waals surface area contributed by atoms with Gasteiger partial charge in [-0.25, -0.2) is 8.78 Å². The third-order valence-corrected chi connectivity index (χ3v) is 5.18. The number of rotatable bonds is 3. The van der Waals surface area contributed by atoms with Gasteiger partial charge < -0.3 is 9.64 Å². The fourth-order valence-corrected chi connectivity index (χ4v) is 3.95. The normalized spacial score (nSPS) is 24.8. The minimum Gasteiger partial charge on any atom is -0.431 e. The standard InChI is InChI=1S/C18H12F7N3O2/c19-15(20)30-12-5-9(18(23,24)25)6-28-8-16(27-14(12)28)2-3-17(21,22)13-10(16)1-4-26-11(13)7-29/h1,4-7,15H,2-3,8H2/t16-/m1/s1. The first-order valence-electron chi connectivity index (χ1n) is 8.62. The third kappa shape index (κ3) is 3.14. The predicted octanol–water partition coefficient (Wildman–Crippen LogP) is 4.27. The Labute approximate surface area is 164 Å². The van der Waals surface area contributed by atoms with Crippen molar-refractivity contribution in [2.24, 2.45) is 4.99 Å². The molecule has 0 aromatic carbocycles. The largest absolute Gasteiger partial charge is 0.431 e. The molecule has 2 aliphatic heterocycles. The van der Waals surface area contributed by atoms with Crippen LogP contribution in [-0.2, 0) is 16.2 Å². The first kappa shape index (κ1) is 20.4. The molecule has 0 fully saturated rings. The lowest BCUT2D eigenvalue weighted by atomic mass is 9.75. The summed E-state index contributed by atoms with van der Waals surface area (Å²) in [6.07, 6.45) is -3.55. The average molecular weight is 435 g/mol. The minimum atomic E-state index is -4.86. The zero-order valence-electron chi connectivity index (χ0n) is 14.9. The number of hydrogen-bond acceptors (Lipinski definition) is 5. The summed E-state index contributed by atoms with van der Waals surface area (Å²) < 4.78 is 98.6. The van der Waals surface area contributed by atoms with Gasteiger partial charge >= 0.3 is 12.8 Å². The minimum absolute atomic E-state index is 0.0869. The Morgan fingerprint density at radius 3 is 2.60 bits per heavy atom. The fraction of sp³-hybridized carbons (Fsp3) is 0.389. The van der Waals surface area contributed by atoms with Gasteiger partial charge in [0.2, 0.25) is 0 Å². The van der Waals surface area contributed by atoms with Crippen LogP contribution in [-0.4, -0.2) is 41.3 Å². The number of carbonyl (C=O) groups excluding carboxylic acids is 1. The molecule has 0 saturated heterocycles. The maximum absolute atomic E-state index is 14.6. The zero-order valence-corrected chi connectivity index (χ0v) is 14.9. The molecule has 1 atom stereocenters. The number of nitrogens with zero attached hydrogens (tertiary/aromatic N) is 3.